The van der Waals surface area contributed by atoms with Crippen LogP contribution in [0.1, 0.15) is 60.0 Å². The second-order valence-electron chi connectivity index (χ2n) is 9.42. The molecule has 2 aliphatic rings. The molecule has 1 aromatic carbocycles. The van der Waals surface area contributed by atoms with Gasteiger partial charge in [-0.05, 0) is 56.7 Å². The highest BCUT2D eigenvalue weighted by Gasteiger charge is 2.55. The molecule has 4 rings (SSSR count). The summed E-state index contributed by atoms with van der Waals surface area (Å²) in [7, 11) is -2.08. The number of likely N-dealkylation sites (tertiary alicyclic amines) is 1. The topological polar surface area (TPSA) is 101 Å². The van der Waals surface area contributed by atoms with Gasteiger partial charge in [-0.25, -0.2) is 8.42 Å². The molecule has 0 bridgehead atoms. The number of piperidine rings is 1. The third kappa shape index (κ3) is 4.30. The van der Waals surface area contributed by atoms with Gasteiger partial charge in [0.1, 0.15) is 0 Å². The van der Waals surface area contributed by atoms with Crippen molar-refractivity contribution in [1.29, 1.82) is 0 Å². The number of nitrogens with one attached hydrogen (secondary N) is 1. The molecule has 9 heteroatoms. The molecular formula is C24H32N4O4S. The normalized spacial score (nSPS) is 18.9. The van der Waals surface area contributed by atoms with Crippen molar-refractivity contribution in [1.82, 2.24) is 20.0 Å². The number of rotatable bonds is 5. The molecule has 1 saturated carbocycles. The fourth-order valence-electron chi connectivity index (χ4n) is 5.07. The Kier molecular flexibility index (Phi) is 6.35. The van der Waals surface area contributed by atoms with E-state index in [1.165, 1.54) is 6.20 Å². The number of carbonyl (C=O) groups is 2. The number of benzene rings is 1. The Hall–Kier alpha value is -2.68. The predicted octanol–water partition coefficient (Wildman–Crippen LogP) is 2.54. The van der Waals surface area contributed by atoms with Gasteiger partial charge in [-0.15, -0.1) is 0 Å². The van der Waals surface area contributed by atoms with Crippen LogP contribution in [0.2, 0.25) is 0 Å². The van der Waals surface area contributed by atoms with Crippen LogP contribution < -0.4 is 5.32 Å². The number of carbonyl (C=O) groups excluding carboxylic acids is 2. The molecule has 0 spiro atoms. The summed E-state index contributed by atoms with van der Waals surface area (Å²) in [4.78, 5) is 28.1. The third-order valence-electron chi connectivity index (χ3n) is 7.03. The van der Waals surface area contributed by atoms with Crippen LogP contribution in [0.3, 0.4) is 0 Å². The van der Waals surface area contributed by atoms with E-state index < -0.39 is 14.6 Å². The summed E-state index contributed by atoms with van der Waals surface area (Å²) in [5.74, 6) is -0.462. The van der Waals surface area contributed by atoms with Gasteiger partial charge < -0.3 is 10.2 Å². The smallest absolute Gasteiger partial charge is 0.254 e. The maximum absolute atomic E-state index is 13.9. The van der Waals surface area contributed by atoms with Crippen molar-refractivity contribution in [2.75, 3.05) is 13.1 Å². The summed E-state index contributed by atoms with van der Waals surface area (Å²) in [6.45, 7) is 4.52. The number of sulfone groups is 1. The Morgan fingerprint density at radius 2 is 1.79 bits per heavy atom. The Balaban J connectivity index is 1.49. The highest BCUT2D eigenvalue weighted by molar-refractivity contribution is 7.93. The number of nitrogens with zero attached hydrogens (tertiary/aromatic N) is 3. The van der Waals surface area contributed by atoms with Crippen LogP contribution >= 0.6 is 0 Å². The van der Waals surface area contributed by atoms with E-state index in [1.54, 1.807) is 35.8 Å². The van der Waals surface area contributed by atoms with Crippen molar-refractivity contribution >= 4 is 21.7 Å². The fraction of sp³-hybridized carbons (Fsp3) is 0.542. The largest absolute Gasteiger partial charge is 0.349 e. The predicted molar refractivity (Wildman–Crippen MR) is 125 cm³/mol. The van der Waals surface area contributed by atoms with Crippen LogP contribution in [0.25, 0.3) is 0 Å². The molecule has 2 amide bonds. The van der Waals surface area contributed by atoms with Crippen molar-refractivity contribution in [2.24, 2.45) is 7.05 Å². The summed E-state index contributed by atoms with van der Waals surface area (Å²) >= 11 is 0. The van der Waals surface area contributed by atoms with E-state index in [-0.39, 0.29) is 22.8 Å². The zero-order valence-electron chi connectivity index (χ0n) is 19.5. The molecule has 0 radical (unpaired) electrons. The van der Waals surface area contributed by atoms with Crippen molar-refractivity contribution < 1.29 is 18.0 Å². The molecular weight excluding hydrogens is 440 g/mol. The zero-order valence-corrected chi connectivity index (χ0v) is 20.3. The maximum atomic E-state index is 13.9. The molecule has 2 fully saturated rings. The van der Waals surface area contributed by atoms with E-state index >= 15 is 0 Å². The maximum Gasteiger partial charge on any atom is 0.254 e. The van der Waals surface area contributed by atoms with Gasteiger partial charge in [-0.3, -0.25) is 14.3 Å². The van der Waals surface area contributed by atoms with E-state index in [9.17, 15) is 18.0 Å². The summed E-state index contributed by atoms with van der Waals surface area (Å²) in [5, 5.41) is 7.03. The number of aryl methyl sites for hydroxylation is 3. The van der Waals surface area contributed by atoms with Crippen LogP contribution in [-0.4, -0.2) is 58.8 Å². The van der Waals surface area contributed by atoms with Crippen molar-refractivity contribution in [3.05, 3.63) is 47.3 Å². The van der Waals surface area contributed by atoms with Crippen LogP contribution in [0.4, 0.5) is 0 Å². The van der Waals surface area contributed by atoms with E-state index in [0.717, 1.165) is 18.4 Å². The Bertz CT molecular complexity index is 1160. The van der Waals surface area contributed by atoms with Gasteiger partial charge in [-0.1, -0.05) is 25.0 Å². The molecule has 178 valence electrons. The first kappa shape index (κ1) is 23.5. The molecule has 8 nitrogen and oxygen atoms in total. The lowest BCUT2D eigenvalue weighted by Crippen LogP contribution is -2.56. The third-order valence-corrected chi connectivity index (χ3v) is 9.66. The second kappa shape index (κ2) is 8.93. The van der Waals surface area contributed by atoms with E-state index in [0.29, 0.717) is 49.9 Å². The highest BCUT2D eigenvalue weighted by Crippen LogP contribution is 2.43. The molecule has 0 unspecified atom stereocenters. The second-order valence-corrected chi connectivity index (χ2v) is 11.6. The molecule has 1 aromatic heterocycles. The van der Waals surface area contributed by atoms with Crippen molar-refractivity contribution in [3.8, 4) is 0 Å². The van der Waals surface area contributed by atoms with Gasteiger partial charge >= 0.3 is 0 Å². The SMILES string of the molecule is Cc1ccc(C)c(S(=O)(=O)C2(C(=O)N3CCC(NC(=O)c4cnn(C)c4)CC3)CCCC2)c1. The number of hydrogen-bond donors (Lipinski definition) is 1. The average molecular weight is 473 g/mol. The summed E-state index contributed by atoms with van der Waals surface area (Å²) < 4.78 is 27.9. The zero-order chi connectivity index (χ0) is 23.8. The first-order valence-corrected chi connectivity index (χ1v) is 13.0. The highest BCUT2D eigenvalue weighted by atomic mass is 32.2. The monoisotopic (exact) mass is 472 g/mol. The van der Waals surface area contributed by atoms with E-state index in [4.69, 9.17) is 0 Å². The molecule has 1 aliphatic carbocycles. The van der Waals surface area contributed by atoms with Gasteiger partial charge in [0, 0.05) is 32.4 Å². The standard InChI is InChI=1S/C24H32N4O4S/c1-17-6-7-18(2)21(14-17)33(31,32)24(10-4-5-11-24)23(30)28-12-8-20(9-13-28)26-22(29)19-15-25-27(3)16-19/h6-7,14-16,20H,4-5,8-13H2,1-3H3,(H,26,29). The van der Waals surface area contributed by atoms with Crippen LogP contribution in [0.15, 0.2) is 35.5 Å². The van der Waals surface area contributed by atoms with Gasteiger partial charge in [0.05, 0.1) is 16.7 Å². The fourth-order valence-corrected chi connectivity index (χ4v) is 7.51. The lowest BCUT2D eigenvalue weighted by molar-refractivity contribution is -0.135. The summed E-state index contributed by atoms with van der Waals surface area (Å²) in [6, 6.07) is 5.34. The van der Waals surface area contributed by atoms with Crippen LogP contribution in [0, 0.1) is 13.8 Å². The number of amides is 2. The van der Waals surface area contributed by atoms with E-state index in [1.807, 2.05) is 19.1 Å². The number of aromatic nitrogens is 2. The Morgan fingerprint density at radius 3 is 2.39 bits per heavy atom. The minimum atomic E-state index is -3.84. The minimum absolute atomic E-state index is 0.0584. The van der Waals surface area contributed by atoms with Crippen LogP contribution in [-0.2, 0) is 21.7 Å². The van der Waals surface area contributed by atoms with E-state index in [2.05, 4.69) is 10.4 Å². The van der Waals surface area contributed by atoms with Gasteiger partial charge in [0.2, 0.25) is 5.91 Å². The average Bonchev–Trinajstić information content (AvgIpc) is 3.46. The molecule has 1 N–H and O–H groups in total. The number of hydrogen-bond acceptors (Lipinski definition) is 5. The summed E-state index contributed by atoms with van der Waals surface area (Å²) in [6.07, 6.45) is 6.56. The quantitative estimate of drug-likeness (QED) is 0.721. The lowest BCUT2D eigenvalue weighted by atomic mass is 10.00. The van der Waals surface area contributed by atoms with Crippen molar-refractivity contribution in [3.63, 3.8) is 0 Å². The van der Waals surface area contributed by atoms with Gasteiger partial charge in [0.15, 0.2) is 14.6 Å². The van der Waals surface area contributed by atoms with Gasteiger partial charge in [0.25, 0.3) is 5.91 Å². The Labute approximate surface area is 195 Å². The molecule has 2 aromatic rings. The molecule has 33 heavy (non-hydrogen) atoms. The Morgan fingerprint density at radius 1 is 1.12 bits per heavy atom. The minimum Gasteiger partial charge on any atom is -0.349 e. The molecule has 2 heterocycles. The first-order valence-electron chi connectivity index (χ1n) is 11.5. The van der Waals surface area contributed by atoms with Gasteiger partial charge in [-0.2, -0.15) is 5.10 Å². The molecule has 0 atom stereocenters. The summed E-state index contributed by atoms with van der Waals surface area (Å²) in [5.41, 5.74) is 2.04. The lowest BCUT2D eigenvalue weighted by Gasteiger charge is -2.38. The van der Waals surface area contributed by atoms with Crippen molar-refractivity contribution in [2.45, 2.75) is 68.1 Å². The molecule has 1 saturated heterocycles. The first-order chi connectivity index (χ1) is 15.6. The van der Waals surface area contributed by atoms with Crippen LogP contribution in [0.5, 0.6) is 0 Å². The molecule has 1 aliphatic heterocycles.